The van der Waals surface area contributed by atoms with Crippen molar-refractivity contribution < 1.29 is 18.0 Å². The number of carbonyl (C=O) groups is 1. The minimum Gasteiger partial charge on any atom is -0.290 e. The summed E-state index contributed by atoms with van der Waals surface area (Å²) < 4.78 is 37.8. The van der Waals surface area contributed by atoms with Crippen molar-refractivity contribution in [1.82, 2.24) is 0 Å². The van der Waals surface area contributed by atoms with Gasteiger partial charge in [-0.1, -0.05) is 67.1 Å². The van der Waals surface area contributed by atoms with Crippen LogP contribution in [0.5, 0.6) is 0 Å². The average molecular weight is 334 g/mol. The largest absolute Gasteiger partial charge is 0.449 e. The molecule has 0 fully saturated rings. The summed E-state index contributed by atoms with van der Waals surface area (Å²) in [4.78, 5) is 11.4. The maximum Gasteiger partial charge on any atom is 0.449 e. The van der Waals surface area contributed by atoms with Crippen molar-refractivity contribution in [3.8, 4) is 0 Å². The molecular weight excluding hydrogens is 313 g/mol. The van der Waals surface area contributed by atoms with Crippen LogP contribution in [0.3, 0.4) is 0 Å². The van der Waals surface area contributed by atoms with E-state index in [0.29, 0.717) is 6.42 Å². The molecule has 0 aliphatic rings. The van der Waals surface area contributed by atoms with Gasteiger partial charge in [0, 0.05) is 6.42 Å². The summed E-state index contributed by atoms with van der Waals surface area (Å²) in [6.07, 6.45) is -2.06. The predicted octanol–water partition coefficient (Wildman–Crippen LogP) is 5.70. The first-order valence-corrected chi connectivity index (χ1v) is 8.15. The van der Waals surface area contributed by atoms with Gasteiger partial charge in [-0.2, -0.15) is 13.2 Å². The molecule has 4 heteroatoms. The van der Waals surface area contributed by atoms with Crippen LogP contribution in [-0.4, -0.2) is 12.0 Å². The number of hydrogen-bond acceptors (Lipinski definition) is 1. The first kappa shape index (κ1) is 18.2. The Morgan fingerprint density at radius 2 is 1.46 bits per heavy atom. The standard InChI is InChI=1S/C20H21F3O/c21-20(22,23)19(24)15-18(17-12-5-2-6-13-17)14-8-7-11-16-9-3-1-4-10-16/h1-6,9-10,12-13,18H,7-8,11,14-15H2. The van der Waals surface area contributed by atoms with Crippen LogP contribution in [0.15, 0.2) is 60.7 Å². The molecule has 0 radical (unpaired) electrons. The second-order valence-corrected chi connectivity index (χ2v) is 5.96. The van der Waals surface area contributed by atoms with Crippen molar-refractivity contribution in [2.45, 2.75) is 44.2 Å². The van der Waals surface area contributed by atoms with Crippen LogP contribution in [0.25, 0.3) is 0 Å². The number of aryl methyl sites for hydroxylation is 1. The van der Waals surface area contributed by atoms with Crippen molar-refractivity contribution >= 4 is 5.78 Å². The quantitative estimate of drug-likeness (QED) is 0.566. The lowest BCUT2D eigenvalue weighted by atomic mass is 9.88. The van der Waals surface area contributed by atoms with E-state index in [1.165, 1.54) is 5.56 Å². The molecule has 1 unspecified atom stereocenters. The average Bonchev–Trinajstić information content (AvgIpc) is 2.58. The Morgan fingerprint density at radius 3 is 2.04 bits per heavy atom. The van der Waals surface area contributed by atoms with Gasteiger partial charge in [0.1, 0.15) is 0 Å². The zero-order valence-electron chi connectivity index (χ0n) is 13.4. The molecular formula is C20H21F3O. The highest BCUT2D eigenvalue weighted by Crippen LogP contribution is 2.30. The van der Waals surface area contributed by atoms with E-state index in [1.54, 1.807) is 24.3 Å². The van der Waals surface area contributed by atoms with Crippen molar-refractivity contribution in [2.24, 2.45) is 0 Å². The molecule has 0 saturated heterocycles. The molecule has 1 nitrogen and oxygen atoms in total. The summed E-state index contributed by atoms with van der Waals surface area (Å²) in [7, 11) is 0. The number of carbonyl (C=O) groups excluding carboxylic acids is 1. The van der Waals surface area contributed by atoms with Crippen LogP contribution < -0.4 is 0 Å². The lowest BCUT2D eigenvalue weighted by Crippen LogP contribution is -2.24. The van der Waals surface area contributed by atoms with Crippen LogP contribution >= 0.6 is 0 Å². The third-order valence-corrected chi connectivity index (χ3v) is 4.13. The highest BCUT2D eigenvalue weighted by molar-refractivity contribution is 5.84. The zero-order valence-corrected chi connectivity index (χ0v) is 13.4. The fourth-order valence-electron chi connectivity index (χ4n) is 2.82. The first-order valence-electron chi connectivity index (χ1n) is 8.15. The van der Waals surface area contributed by atoms with Gasteiger partial charge >= 0.3 is 6.18 Å². The zero-order chi connectivity index (χ0) is 17.4. The van der Waals surface area contributed by atoms with Gasteiger partial charge in [0.2, 0.25) is 5.78 Å². The van der Waals surface area contributed by atoms with Gasteiger partial charge in [-0.25, -0.2) is 0 Å². The Morgan fingerprint density at radius 1 is 0.875 bits per heavy atom. The molecule has 0 saturated carbocycles. The number of alkyl halides is 3. The third kappa shape index (κ3) is 5.84. The van der Waals surface area contributed by atoms with E-state index >= 15 is 0 Å². The minimum absolute atomic E-state index is 0.379. The van der Waals surface area contributed by atoms with Crippen LogP contribution in [-0.2, 0) is 11.2 Å². The van der Waals surface area contributed by atoms with Crippen molar-refractivity contribution in [3.63, 3.8) is 0 Å². The molecule has 0 spiro atoms. The molecule has 0 amide bonds. The van der Waals surface area contributed by atoms with Crippen LogP contribution in [0, 0.1) is 0 Å². The van der Waals surface area contributed by atoms with Crippen LogP contribution in [0.1, 0.15) is 42.7 Å². The third-order valence-electron chi connectivity index (χ3n) is 4.13. The maximum absolute atomic E-state index is 12.6. The van der Waals surface area contributed by atoms with Crippen molar-refractivity contribution in [1.29, 1.82) is 0 Å². The van der Waals surface area contributed by atoms with Gasteiger partial charge in [-0.3, -0.25) is 4.79 Å². The number of halogens is 3. The number of hydrogen-bond donors (Lipinski definition) is 0. The highest BCUT2D eigenvalue weighted by Gasteiger charge is 2.39. The van der Waals surface area contributed by atoms with Gasteiger partial charge < -0.3 is 0 Å². The monoisotopic (exact) mass is 334 g/mol. The SMILES string of the molecule is O=C(CC(CCCCc1ccccc1)c1ccccc1)C(F)(F)F. The Hall–Kier alpha value is -2.10. The predicted molar refractivity (Wildman–Crippen MR) is 88.9 cm³/mol. The van der Waals surface area contributed by atoms with E-state index in [2.05, 4.69) is 0 Å². The number of ketones is 1. The lowest BCUT2D eigenvalue weighted by Gasteiger charge is -2.17. The lowest BCUT2D eigenvalue weighted by molar-refractivity contribution is -0.171. The Kier molecular flexibility index (Phi) is 6.59. The second-order valence-electron chi connectivity index (χ2n) is 5.96. The molecule has 0 aliphatic carbocycles. The highest BCUT2D eigenvalue weighted by atomic mass is 19.4. The summed E-state index contributed by atoms with van der Waals surface area (Å²) in [6, 6.07) is 19.0. The number of Topliss-reactive ketones (excluding diaryl/α,β-unsaturated/α-hetero) is 1. The van der Waals surface area contributed by atoms with Crippen LogP contribution in [0.4, 0.5) is 13.2 Å². The second kappa shape index (κ2) is 8.67. The van der Waals surface area contributed by atoms with Crippen molar-refractivity contribution in [3.05, 3.63) is 71.8 Å². The number of rotatable bonds is 8. The molecule has 24 heavy (non-hydrogen) atoms. The summed E-state index contributed by atoms with van der Waals surface area (Å²) in [5, 5.41) is 0. The Labute approximate surface area is 140 Å². The van der Waals surface area contributed by atoms with Gasteiger partial charge in [-0.15, -0.1) is 0 Å². The van der Waals surface area contributed by atoms with E-state index in [0.717, 1.165) is 24.8 Å². The van der Waals surface area contributed by atoms with Crippen LogP contribution in [0.2, 0.25) is 0 Å². The van der Waals surface area contributed by atoms with Gasteiger partial charge in [0.05, 0.1) is 0 Å². The van der Waals surface area contributed by atoms with E-state index in [-0.39, 0.29) is 5.92 Å². The summed E-state index contributed by atoms with van der Waals surface area (Å²) in [5.41, 5.74) is 2.02. The van der Waals surface area contributed by atoms with E-state index in [4.69, 9.17) is 0 Å². The van der Waals surface area contributed by atoms with Crippen molar-refractivity contribution in [2.75, 3.05) is 0 Å². The molecule has 2 aromatic rings. The summed E-state index contributed by atoms with van der Waals surface area (Å²) >= 11 is 0. The Balaban J connectivity index is 1.92. The van der Waals surface area contributed by atoms with E-state index in [9.17, 15) is 18.0 Å². The molecule has 2 aromatic carbocycles. The molecule has 0 aliphatic heterocycles. The number of unbranched alkanes of at least 4 members (excludes halogenated alkanes) is 1. The molecule has 2 rings (SSSR count). The Bertz CT molecular complexity index is 620. The number of benzene rings is 2. The summed E-state index contributed by atoms with van der Waals surface area (Å²) in [6.45, 7) is 0. The smallest absolute Gasteiger partial charge is 0.290 e. The fourth-order valence-corrected chi connectivity index (χ4v) is 2.82. The molecule has 128 valence electrons. The van der Waals surface area contributed by atoms with Gasteiger partial charge in [0.15, 0.2) is 0 Å². The molecule has 0 heterocycles. The topological polar surface area (TPSA) is 17.1 Å². The molecule has 0 N–H and O–H groups in total. The normalized spacial score (nSPS) is 12.8. The molecule has 1 atom stereocenters. The van der Waals surface area contributed by atoms with Gasteiger partial charge in [0.25, 0.3) is 0 Å². The first-order chi connectivity index (χ1) is 11.5. The fraction of sp³-hybridized carbons (Fsp3) is 0.350. The maximum atomic E-state index is 12.6. The minimum atomic E-state index is -4.75. The van der Waals surface area contributed by atoms with Gasteiger partial charge in [-0.05, 0) is 36.3 Å². The molecule has 0 bridgehead atoms. The summed E-state index contributed by atoms with van der Waals surface area (Å²) in [5.74, 6) is -2.02. The van der Waals surface area contributed by atoms with E-state index in [1.807, 2.05) is 36.4 Å². The molecule has 0 aromatic heterocycles. The van der Waals surface area contributed by atoms with E-state index < -0.39 is 18.4 Å².